The fourth-order valence-corrected chi connectivity index (χ4v) is 1.46. The van der Waals surface area contributed by atoms with Crippen molar-refractivity contribution in [2.45, 2.75) is 6.54 Å². The van der Waals surface area contributed by atoms with E-state index < -0.39 is 0 Å². The number of nitrogens with one attached hydrogen (secondary N) is 1. The summed E-state index contributed by atoms with van der Waals surface area (Å²) in [6.07, 6.45) is 1.24. The van der Waals surface area contributed by atoms with Crippen LogP contribution in [-0.4, -0.2) is 15.1 Å². The summed E-state index contributed by atoms with van der Waals surface area (Å²) in [5.41, 5.74) is 5.55. The Hall–Kier alpha value is -1.53. The van der Waals surface area contributed by atoms with E-state index in [-0.39, 0.29) is 5.82 Å². The summed E-state index contributed by atoms with van der Waals surface area (Å²) in [6.45, 7) is 0.338. The van der Waals surface area contributed by atoms with Crippen LogP contribution in [0.2, 0.25) is 10.0 Å². The summed E-state index contributed by atoms with van der Waals surface area (Å²) in [5, 5.41) is 7.23. The van der Waals surface area contributed by atoms with Crippen LogP contribution in [0, 0.1) is 0 Å². The van der Waals surface area contributed by atoms with E-state index in [1.54, 1.807) is 0 Å². The van der Waals surface area contributed by atoms with Gasteiger partial charge in [0.25, 0.3) is 0 Å². The first-order valence-electron chi connectivity index (χ1n) is 4.27. The van der Waals surface area contributed by atoms with Crippen LogP contribution < -0.4 is 11.1 Å². The zero-order valence-corrected chi connectivity index (χ0v) is 9.46. The molecule has 0 aromatic carbocycles. The van der Waals surface area contributed by atoms with Gasteiger partial charge in [-0.15, -0.1) is 0 Å². The highest BCUT2D eigenvalue weighted by Gasteiger charge is 2.07. The van der Waals surface area contributed by atoms with Gasteiger partial charge in [0.2, 0.25) is 6.39 Å². The topological polar surface area (TPSA) is 89.9 Å². The Kier molecular flexibility index (Phi) is 3.12. The quantitative estimate of drug-likeness (QED) is 0.876. The maximum Gasteiger partial charge on any atom is 0.213 e. The lowest BCUT2D eigenvalue weighted by molar-refractivity contribution is 0.411. The van der Waals surface area contributed by atoms with E-state index in [9.17, 15) is 0 Å². The van der Waals surface area contributed by atoms with Crippen molar-refractivity contribution in [3.8, 4) is 0 Å². The van der Waals surface area contributed by atoms with Gasteiger partial charge < -0.3 is 15.6 Å². The van der Waals surface area contributed by atoms with Gasteiger partial charge in [0.15, 0.2) is 5.82 Å². The number of anilines is 2. The normalized spacial score (nSPS) is 10.4. The van der Waals surface area contributed by atoms with Gasteiger partial charge in [-0.25, -0.2) is 4.98 Å². The third kappa shape index (κ3) is 2.34. The molecule has 0 aliphatic carbocycles. The zero-order chi connectivity index (χ0) is 11.5. The van der Waals surface area contributed by atoms with E-state index in [4.69, 9.17) is 28.9 Å². The molecular formula is C8H7Cl2N5O. The molecule has 3 N–H and O–H groups in total. The lowest BCUT2D eigenvalue weighted by atomic mass is 10.4. The monoisotopic (exact) mass is 259 g/mol. The summed E-state index contributed by atoms with van der Waals surface area (Å²) in [6, 6.07) is 1.52. The van der Waals surface area contributed by atoms with Crippen molar-refractivity contribution in [3.63, 3.8) is 0 Å². The third-order valence-electron chi connectivity index (χ3n) is 1.78. The maximum absolute atomic E-state index is 5.91. The summed E-state index contributed by atoms with van der Waals surface area (Å²) in [7, 11) is 0. The number of aromatic nitrogens is 3. The van der Waals surface area contributed by atoms with Crippen molar-refractivity contribution in [1.82, 2.24) is 15.1 Å². The molecule has 0 atom stereocenters. The molecule has 84 valence electrons. The second-order valence-electron chi connectivity index (χ2n) is 2.89. The largest absolute Gasteiger partial charge is 0.382 e. The highest BCUT2D eigenvalue weighted by Crippen LogP contribution is 2.27. The average Bonchev–Trinajstić information content (AvgIpc) is 2.74. The number of nitrogens with zero attached hydrogens (tertiary/aromatic N) is 3. The molecular weight excluding hydrogens is 253 g/mol. The molecule has 2 aromatic rings. The summed E-state index contributed by atoms with van der Waals surface area (Å²) >= 11 is 11.7. The first-order valence-corrected chi connectivity index (χ1v) is 5.03. The third-order valence-corrected chi connectivity index (χ3v) is 2.37. The van der Waals surface area contributed by atoms with E-state index in [0.717, 1.165) is 0 Å². The SMILES string of the molecule is Nc1nc(NCc2ncon2)c(Cl)cc1Cl. The van der Waals surface area contributed by atoms with Gasteiger partial charge >= 0.3 is 0 Å². The van der Waals surface area contributed by atoms with Crippen molar-refractivity contribution >= 4 is 34.8 Å². The molecule has 0 spiro atoms. The standard InChI is InChI=1S/C8H7Cl2N5O/c9-4-1-5(10)8(14-7(4)11)12-2-6-13-3-16-15-6/h1,3H,2H2,(H3,11,12,14). The number of rotatable bonds is 3. The van der Waals surface area contributed by atoms with Crippen LogP contribution in [0.15, 0.2) is 17.0 Å². The predicted molar refractivity (Wildman–Crippen MR) is 60.3 cm³/mol. The molecule has 0 radical (unpaired) electrons. The molecule has 0 bridgehead atoms. The molecule has 0 saturated carbocycles. The minimum absolute atomic E-state index is 0.210. The van der Waals surface area contributed by atoms with Gasteiger partial charge in [-0.05, 0) is 6.07 Å². The predicted octanol–water partition coefficient (Wildman–Crippen LogP) is 1.97. The molecule has 0 amide bonds. The number of nitrogen functional groups attached to an aromatic ring is 1. The van der Waals surface area contributed by atoms with Crippen LogP contribution in [0.3, 0.4) is 0 Å². The average molecular weight is 260 g/mol. The van der Waals surface area contributed by atoms with Crippen molar-refractivity contribution in [3.05, 3.63) is 28.3 Å². The minimum Gasteiger partial charge on any atom is -0.382 e. The van der Waals surface area contributed by atoms with Gasteiger partial charge in [0, 0.05) is 0 Å². The highest BCUT2D eigenvalue weighted by molar-refractivity contribution is 6.37. The molecule has 0 unspecified atom stereocenters. The van der Waals surface area contributed by atoms with Crippen molar-refractivity contribution in [1.29, 1.82) is 0 Å². The first-order chi connectivity index (χ1) is 7.66. The maximum atomic E-state index is 5.91. The Balaban J connectivity index is 2.12. The van der Waals surface area contributed by atoms with E-state index in [1.165, 1.54) is 12.5 Å². The summed E-state index contributed by atoms with van der Waals surface area (Å²) < 4.78 is 4.58. The minimum atomic E-state index is 0.210. The van der Waals surface area contributed by atoms with Crippen molar-refractivity contribution < 1.29 is 4.52 Å². The smallest absolute Gasteiger partial charge is 0.213 e. The lowest BCUT2D eigenvalue weighted by Crippen LogP contribution is -2.05. The molecule has 8 heteroatoms. The Bertz CT molecular complexity index is 487. The fourth-order valence-electron chi connectivity index (χ4n) is 1.04. The van der Waals surface area contributed by atoms with Gasteiger partial charge in [-0.1, -0.05) is 28.4 Å². The fraction of sp³-hybridized carbons (Fsp3) is 0.125. The number of nitrogens with two attached hydrogens (primary N) is 1. The van der Waals surface area contributed by atoms with E-state index in [0.29, 0.717) is 28.2 Å². The Morgan fingerprint density at radius 1 is 1.38 bits per heavy atom. The molecule has 0 saturated heterocycles. The van der Waals surface area contributed by atoms with Crippen LogP contribution in [0.5, 0.6) is 0 Å². The van der Waals surface area contributed by atoms with Crippen LogP contribution in [0.1, 0.15) is 5.82 Å². The molecule has 6 nitrogen and oxygen atoms in total. The van der Waals surface area contributed by atoms with Crippen molar-refractivity contribution in [2.75, 3.05) is 11.1 Å². The Labute approximate surface area is 101 Å². The summed E-state index contributed by atoms with van der Waals surface area (Å²) in [4.78, 5) is 7.82. The number of halogens is 2. The number of pyridine rings is 1. The summed E-state index contributed by atoms with van der Waals surface area (Å²) in [5.74, 6) is 1.13. The molecule has 16 heavy (non-hydrogen) atoms. The van der Waals surface area contributed by atoms with E-state index >= 15 is 0 Å². The highest BCUT2D eigenvalue weighted by atomic mass is 35.5. The van der Waals surface area contributed by atoms with Crippen LogP contribution in [0.4, 0.5) is 11.6 Å². The second kappa shape index (κ2) is 4.54. The van der Waals surface area contributed by atoms with E-state index in [1.807, 2.05) is 0 Å². The van der Waals surface area contributed by atoms with Crippen LogP contribution >= 0.6 is 23.2 Å². The van der Waals surface area contributed by atoms with Crippen LogP contribution in [-0.2, 0) is 6.54 Å². The lowest BCUT2D eigenvalue weighted by Gasteiger charge is -2.06. The Morgan fingerprint density at radius 3 is 2.88 bits per heavy atom. The molecule has 0 aliphatic heterocycles. The van der Waals surface area contributed by atoms with Gasteiger partial charge in [-0.2, -0.15) is 4.98 Å². The molecule has 0 aliphatic rings. The van der Waals surface area contributed by atoms with Crippen molar-refractivity contribution in [2.24, 2.45) is 0 Å². The molecule has 2 heterocycles. The first kappa shape index (κ1) is 11.0. The zero-order valence-electron chi connectivity index (χ0n) is 7.94. The number of hydrogen-bond donors (Lipinski definition) is 2. The van der Waals surface area contributed by atoms with Gasteiger partial charge in [0.05, 0.1) is 16.6 Å². The van der Waals surface area contributed by atoms with Gasteiger partial charge in [0.1, 0.15) is 11.6 Å². The van der Waals surface area contributed by atoms with Gasteiger partial charge in [-0.3, -0.25) is 0 Å². The molecule has 2 aromatic heterocycles. The molecule has 2 rings (SSSR count). The Morgan fingerprint density at radius 2 is 2.19 bits per heavy atom. The second-order valence-corrected chi connectivity index (χ2v) is 3.70. The number of hydrogen-bond acceptors (Lipinski definition) is 6. The van der Waals surface area contributed by atoms with E-state index in [2.05, 4.69) is 25.0 Å². The van der Waals surface area contributed by atoms with Crippen LogP contribution in [0.25, 0.3) is 0 Å². The molecule has 0 fully saturated rings.